The lowest BCUT2D eigenvalue weighted by molar-refractivity contribution is 0.684. The van der Waals surface area contributed by atoms with E-state index in [1.54, 1.807) is 0 Å². The van der Waals surface area contributed by atoms with E-state index in [0.29, 0.717) is 17.4 Å². The molecular weight excluding hydrogens is 178 g/mol. The van der Waals surface area contributed by atoms with Crippen molar-refractivity contribution in [3.05, 3.63) is 11.8 Å². The minimum atomic E-state index is 0.216. The highest BCUT2D eigenvalue weighted by atomic mass is 15.1. The molecule has 1 aromatic rings. The molecule has 1 heterocycles. The predicted molar refractivity (Wildman–Crippen MR) is 54.5 cm³/mol. The van der Waals surface area contributed by atoms with Gasteiger partial charge >= 0.3 is 0 Å². The molecule has 74 valence electrons. The van der Waals surface area contributed by atoms with E-state index >= 15 is 0 Å². The number of hydrogen-bond donors (Lipinski definition) is 2. The number of aromatic nitrogens is 2. The maximum atomic E-state index is 8.60. The quantitative estimate of drug-likeness (QED) is 0.744. The molecule has 0 saturated carbocycles. The van der Waals surface area contributed by atoms with E-state index in [1.165, 1.54) is 6.20 Å². The van der Waals surface area contributed by atoms with Crippen LogP contribution in [0.5, 0.6) is 0 Å². The van der Waals surface area contributed by atoms with Crippen molar-refractivity contribution >= 4 is 11.8 Å². The van der Waals surface area contributed by atoms with Gasteiger partial charge in [0.05, 0.1) is 6.20 Å². The van der Waals surface area contributed by atoms with E-state index in [2.05, 4.69) is 29.1 Å². The summed E-state index contributed by atoms with van der Waals surface area (Å²) < 4.78 is 0. The summed E-state index contributed by atoms with van der Waals surface area (Å²) in [5, 5.41) is 11.6. The molecule has 1 aromatic heterocycles. The first-order chi connectivity index (χ1) is 6.63. The van der Waals surface area contributed by atoms with Crippen molar-refractivity contribution in [2.45, 2.75) is 13.8 Å². The van der Waals surface area contributed by atoms with Crippen LogP contribution in [0.2, 0.25) is 0 Å². The molecule has 0 saturated heterocycles. The first-order valence-corrected chi connectivity index (χ1v) is 4.40. The molecule has 0 aromatic carbocycles. The molecule has 0 fully saturated rings. The molecule has 0 spiro atoms. The lowest BCUT2D eigenvalue weighted by atomic mass is 10.2. The number of anilines is 2. The topological polar surface area (TPSA) is 87.6 Å². The number of nitrogens with one attached hydrogen (secondary N) is 1. The van der Waals surface area contributed by atoms with E-state index in [0.717, 1.165) is 6.54 Å². The van der Waals surface area contributed by atoms with Gasteiger partial charge in [0, 0.05) is 6.54 Å². The monoisotopic (exact) mass is 191 g/mol. The van der Waals surface area contributed by atoms with E-state index in [-0.39, 0.29) is 5.82 Å². The lowest BCUT2D eigenvalue weighted by Crippen LogP contribution is -2.11. The van der Waals surface area contributed by atoms with Gasteiger partial charge in [0.25, 0.3) is 0 Å². The molecule has 3 N–H and O–H groups in total. The van der Waals surface area contributed by atoms with Crippen LogP contribution in [0.1, 0.15) is 19.4 Å². The van der Waals surface area contributed by atoms with E-state index in [9.17, 15) is 0 Å². The Morgan fingerprint density at radius 3 is 2.86 bits per heavy atom. The Labute approximate surface area is 83.0 Å². The van der Waals surface area contributed by atoms with Crippen LogP contribution >= 0.6 is 0 Å². The van der Waals surface area contributed by atoms with Crippen molar-refractivity contribution in [1.29, 1.82) is 5.26 Å². The highest BCUT2D eigenvalue weighted by Crippen LogP contribution is 2.08. The third-order valence-electron chi connectivity index (χ3n) is 1.61. The first-order valence-electron chi connectivity index (χ1n) is 4.40. The van der Waals surface area contributed by atoms with Gasteiger partial charge in [0.1, 0.15) is 17.5 Å². The number of rotatable bonds is 3. The maximum absolute atomic E-state index is 8.60. The standard InChI is InChI=1S/C9H13N5/c1-6(2)4-12-9-13-5-7(3-10)8(11)14-9/h5-6H,4H2,1-2H3,(H3,11,12,13,14). The molecule has 0 aliphatic rings. The highest BCUT2D eigenvalue weighted by Gasteiger charge is 2.02. The third-order valence-corrected chi connectivity index (χ3v) is 1.61. The van der Waals surface area contributed by atoms with Crippen molar-refractivity contribution in [3.63, 3.8) is 0 Å². The van der Waals surface area contributed by atoms with Crippen LogP contribution in [0.25, 0.3) is 0 Å². The lowest BCUT2D eigenvalue weighted by Gasteiger charge is -2.07. The summed E-state index contributed by atoms with van der Waals surface area (Å²) in [7, 11) is 0. The molecule has 0 aliphatic carbocycles. The number of nitriles is 1. The largest absolute Gasteiger partial charge is 0.382 e. The van der Waals surface area contributed by atoms with Gasteiger partial charge in [0.2, 0.25) is 5.95 Å². The Balaban J connectivity index is 2.73. The Hall–Kier alpha value is -1.83. The summed E-state index contributed by atoms with van der Waals surface area (Å²) in [6.45, 7) is 4.95. The number of nitrogen functional groups attached to an aromatic ring is 1. The van der Waals surface area contributed by atoms with Gasteiger partial charge in [-0.1, -0.05) is 13.8 Å². The highest BCUT2D eigenvalue weighted by molar-refractivity contribution is 5.49. The molecule has 0 amide bonds. The fraction of sp³-hybridized carbons (Fsp3) is 0.444. The van der Waals surface area contributed by atoms with Crippen molar-refractivity contribution in [2.24, 2.45) is 5.92 Å². The molecule has 0 unspecified atom stereocenters. The Morgan fingerprint density at radius 1 is 1.64 bits per heavy atom. The van der Waals surface area contributed by atoms with Crippen molar-refractivity contribution < 1.29 is 0 Å². The van der Waals surface area contributed by atoms with Crippen molar-refractivity contribution in [2.75, 3.05) is 17.6 Å². The van der Waals surface area contributed by atoms with Gasteiger partial charge in [-0.05, 0) is 5.92 Å². The summed E-state index contributed by atoms with van der Waals surface area (Å²) in [6.07, 6.45) is 1.42. The second-order valence-corrected chi connectivity index (χ2v) is 3.38. The molecule has 0 bridgehead atoms. The van der Waals surface area contributed by atoms with E-state index < -0.39 is 0 Å². The summed E-state index contributed by atoms with van der Waals surface area (Å²) in [5.74, 6) is 1.19. The van der Waals surface area contributed by atoms with Crippen LogP contribution in [-0.4, -0.2) is 16.5 Å². The van der Waals surface area contributed by atoms with Gasteiger partial charge in [-0.2, -0.15) is 10.2 Å². The molecular formula is C9H13N5. The Morgan fingerprint density at radius 2 is 2.36 bits per heavy atom. The third kappa shape index (κ3) is 2.59. The minimum absolute atomic E-state index is 0.216. The van der Waals surface area contributed by atoms with Crippen LogP contribution < -0.4 is 11.1 Å². The van der Waals surface area contributed by atoms with Gasteiger partial charge in [0.15, 0.2) is 0 Å². The Bertz CT molecular complexity index is 353. The zero-order valence-electron chi connectivity index (χ0n) is 8.28. The van der Waals surface area contributed by atoms with Gasteiger partial charge in [-0.15, -0.1) is 0 Å². The minimum Gasteiger partial charge on any atom is -0.382 e. The molecule has 0 atom stereocenters. The maximum Gasteiger partial charge on any atom is 0.224 e. The summed E-state index contributed by atoms with van der Waals surface area (Å²) >= 11 is 0. The number of nitrogens with two attached hydrogens (primary N) is 1. The molecule has 0 aliphatic heterocycles. The van der Waals surface area contributed by atoms with Crippen LogP contribution in [0.4, 0.5) is 11.8 Å². The van der Waals surface area contributed by atoms with Crippen LogP contribution in [-0.2, 0) is 0 Å². The number of nitrogens with zero attached hydrogens (tertiary/aromatic N) is 3. The fourth-order valence-electron chi connectivity index (χ4n) is 0.862. The smallest absolute Gasteiger partial charge is 0.224 e. The van der Waals surface area contributed by atoms with Crippen LogP contribution in [0, 0.1) is 17.2 Å². The van der Waals surface area contributed by atoms with Crippen LogP contribution in [0.3, 0.4) is 0 Å². The predicted octanol–water partition coefficient (Wildman–Crippen LogP) is 0.998. The van der Waals surface area contributed by atoms with Crippen LogP contribution in [0.15, 0.2) is 6.20 Å². The van der Waals surface area contributed by atoms with Crippen molar-refractivity contribution in [1.82, 2.24) is 9.97 Å². The second-order valence-electron chi connectivity index (χ2n) is 3.38. The summed E-state index contributed by atoms with van der Waals surface area (Å²) in [6, 6.07) is 1.91. The molecule has 14 heavy (non-hydrogen) atoms. The summed E-state index contributed by atoms with van der Waals surface area (Å²) in [4.78, 5) is 7.91. The molecule has 5 nitrogen and oxygen atoms in total. The second kappa shape index (κ2) is 4.42. The van der Waals surface area contributed by atoms with Crippen molar-refractivity contribution in [3.8, 4) is 6.07 Å². The first kappa shape index (κ1) is 10.3. The van der Waals surface area contributed by atoms with Gasteiger partial charge < -0.3 is 11.1 Å². The average molecular weight is 191 g/mol. The fourth-order valence-corrected chi connectivity index (χ4v) is 0.862. The molecule has 1 rings (SSSR count). The SMILES string of the molecule is CC(C)CNc1ncc(C#N)c(N)n1. The summed E-state index contributed by atoms with van der Waals surface area (Å²) in [5.41, 5.74) is 5.83. The van der Waals surface area contributed by atoms with Gasteiger partial charge in [-0.3, -0.25) is 0 Å². The zero-order chi connectivity index (χ0) is 10.6. The number of hydrogen-bond acceptors (Lipinski definition) is 5. The van der Waals surface area contributed by atoms with E-state index in [4.69, 9.17) is 11.0 Å². The Kier molecular flexibility index (Phi) is 3.24. The normalized spacial score (nSPS) is 9.86. The van der Waals surface area contributed by atoms with Gasteiger partial charge in [-0.25, -0.2) is 4.98 Å². The zero-order valence-corrected chi connectivity index (χ0v) is 8.28. The van der Waals surface area contributed by atoms with E-state index in [1.807, 2.05) is 6.07 Å². The molecule has 5 heteroatoms. The average Bonchev–Trinajstić information content (AvgIpc) is 2.15. The molecule has 0 radical (unpaired) electrons.